The summed E-state index contributed by atoms with van der Waals surface area (Å²) in [5, 5.41) is 25.1. The number of ether oxygens (including phenoxy) is 2. The van der Waals surface area contributed by atoms with Gasteiger partial charge in [-0.2, -0.15) is 0 Å². The van der Waals surface area contributed by atoms with Gasteiger partial charge >= 0.3 is 5.97 Å². The fraction of sp³-hybridized carbons (Fsp3) is 0.486. The molecule has 0 spiro atoms. The Kier molecular flexibility index (Phi) is 21.2. The molecule has 0 saturated carbocycles. The van der Waals surface area contributed by atoms with E-state index in [1.54, 1.807) is 0 Å². The van der Waals surface area contributed by atoms with E-state index in [1.807, 2.05) is 59.5 Å². The number of carboxylic acids is 1. The number of carbonyl (C=O) groups is 7. The quantitative estimate of drug-likeness (QED) is 0.0588. The van der Waals surface area contributed by atoms with Crippen molar-refractivity contribution < 1.29 is 48.1 Å². The van der Waals surface area contributed by atoms with Gasteiger partial charge in [-0.15, -0.1) is 0 Å². The molecule has 0 bridgehead atoms. The highest BCUT2D eigenvalue weighted by Gasteiger charge is 2.28. The number of hydrogen-bond donors (Lipinski definition) is 7. The molecule has 2 rings (SSSR count). The van der Waals surface area contributed by atoms with Crippen molar-refractivity contribution in [3.8, 4) is 11.1 Å². The molecule has 2 aromatic carbocycles. The molecule has 0 aliphatic heterocycles. The van der Waals surface area contributed by atoms with Gasteiger partial charge in [0.1, 0.15) is 12.1 Å². The Morgan fingerprint density at radius 3 is 1.70 bits per heavy atom. The van der Waals surface area contributed by atoms with Crippen LogP contribution in [0, 0.1) is 0 Å². The van der Waals surface area contributed by atoms with Gasteiger partial charge in [0.05, 0.1) is 39.4 Å². The number of nitrogens with one attached hydrogen (secondary N) is 6. The van der Waals surface area contributed by atoms with E-state index in [9.17, 15) is 38.7 Å². The zero-order valence-electron chi connectivity index (χ0n) is 31.1. The lowest BCUT2D eigenvalue weighted by molar-refractivity contribution is -0.141. The highest BCUT2D eigenvalue weighted by molar-refractivity contribution is 5.93. The first-order chi connectivity index (χ1) is 25.8. The van der Waals surface area contributed by atoms with Crippen LogP contribution in [0.1, 0.15) is 32.8 Å². The third kappa shape index (κ3) is 20.0. The van der Waals surface area contributed by atoms with Crippen molar-refractivity contribution >= 4 is 41.4 Å². The van der Waals surface area contributed by atoms with Crippen LogP contribution in [0.5, 0.6) is 0 Å². The van der Waals surface area contributed by atoms with Crippen LogP contribution in [0.2, 0.25) is 0 Å². The number of rotatable bonds is 26. The second-order valence-corrected chi connectivity index (χ2v) is 12.3. The van der Waals surface area contributed by atoms with Gasteiger partial charge in [0.15, 0.2) is 0 Å². The third-order valence-corrected chi connectivity index (χ3v) is 7.66. The van der Waals surface area contributed by atoms with Gasteiger partial charge in [0.2, 0.25) is 35.4 Å². The molecule has 0 saturated heterocycles. The van der Waals surface area contributed by atoms with Crippen LogP contribution in [-0.2, 0) is 49.5 Å². The predicted octanol–water partition coefficient (Wildman–Crippen LogP) is -0.800. The smallest absolute Gasteiger partial charge is 0.305 e. The Bertz CT molecular complexity index is 1490. The first-order valence-electron chi connectivity index (χ1n) is 17.7. The summed E-state index contributed by atoms with van der Waals surface area (Å²) in [6.07, 6.45) is -0.557. The number of benzene rings is 2. The minimum Gasteiger partial charge on any atom is -0.481 e. The summed E-state index contributed by atoms with van der Waals surface area (Å²) in [7, 11) is 0. The third-order valence-electron chi connectivity index (χ3n) is 7.66. The zero-order valence-corrected chi connectivity index (χ0v) is 31.1. The zero-order chi connectivity index (χ0) is 39.7. The van der Waals surface area contributed by atoms with E-state index in [4.69, 9.17) is 9.47 Å². The van der Waals surface area contributed by atoms with E-state index in [2.05, 4.69) is 31.9 Å². The van der Waals surface area contributed by atoms with E-state index in [1.165, 1.54) is 20.8 Å². The monoisotopic (exact) mass is 755 g/mol. The maximum atomic E-state index is 13.2. The Morgan fingerprint density at radius 2 is 1.17 bits per heavy atom. The Balaban J connectivity index is 1.71. The SMILES string of the molecule is CC(=O)NCCN(CCNC(C)=O)CC(=O)NCCOCCOCCNC(=O)[C@H](CC(=O)O)NC(=O)[C@H](Cc1ccc(-c2ccccc2)cc1)NC(C)=O. The normalized spacial score (nSPS) is 11.9. The molecule has 296 valence electrons. The molecule has 2 atom stereocenters. The van der Waals surface area contributed by atoms with Crippen molar-refractivity contribution in [1.29, 1.82) is 0 Å². The molecule has 0 unspecified atom stereocenters. The first kappa shape index (κ1) is 44.8. The molecule has 54 heavy (non-hydrogen) atoms. The molecule has 2 aromatic rings. The van der Waals surface area contributed by atoms with Crippen LogP contribution in [0.25, 0.3) is 11.1 Å². The summed E-state index contributed by atoms with van der Waals surface area (Å²) in [5.41, 5.74) is 2.75. The summed E-state index contributed by atoms with van der Waals surface area (Å²) in [4.78, 5) is 85.9. The lowest BCUT2D eigenvalue weighted by Gasteiger charge is -2.22. The van der Waals surface area contributed by atoms with Crippen LogP contribution in [-0.4, -0.2) is 136 Å². The minimum atomic E-state index is -1.40. The van der Waals surface area contributed by atoms with Gasteiger partial charge in [-0.1, -0.05) is 54.6 Å². The molecular formula is C37H53N7O10. The Labute approximate surface area is 315 Å². The standard InChI is InChI=1S/C37H53N7O10/c1-26(45)38-13-17-44(18-14-39-27(2)46)25-34(48)40-15-19-53-21-22-54-20-16-41-36(51)33(24-35(49)50)43-37(52)32(42-28(3)47)23-29-9-11-31(12-10-29)30-7-5-4-6-8-30/h4-12,32-33H,13-25H2,1-3H3,(H,38,45)(H,39,46)(H,40,48)(H,41,51)(H,42,47)(H,43,52)(H,49,50)/t32-,33-/m0/s1. The number of carboxylic acid groups (broad SMARTS) is 1. The predicted molar refractivity (Wildman–Crippen MR) is 199 cm³/mol. The lowest BCUT2D eigenvalue weighted by atomic mass is 10.00. The Morgan fingerprint density at radius 1 is 0.611 bits per heavy atom. The molecule has 0 aliphatic rings. The average molecular weight is 756 g/mol. The van der Waals surface area contributed by atoms with Gasteiger partial charge in [0.25, 0.3) is 0 Å². The van der Waals surface area contributed by atoms with Crippen LogP contribution in [0.4, 0.5) is 0 Å². The second-order valence-electron chi connectivity index (χ2n) is 12.3. The van der Waals surface area contributed by atoms with E-state index in [0.29, 0.717) is 26.2 Å². The van der Waals surface area contributed by atoms with Crippen LogP contribution < -0.4 is 31.9 Å². The molecule has 6 amide bonds. The first-order valence-corrected chi connectivity index (χ1v) is 17.7. The fourth-order valence-corrected chi connectivity index (χ4v) is 5.07. The summed E-state index contributed by atoms with van der Waals surface area (Å²) in [6, 6.07) is 14.8. The molecule has 0 aliphatic carbocycles. The molecule has 7 N–H and O–H groups in total. The molecule has 0 fully saturated rings. The van der Waals surface area contributed by atoms with Crippen LogP contribution in [0.15, 0.2) is 54.6 Å². The average Bonchev–Trinajstić information content (AvgIpc) is 3.11. The Hall–Kier alpha value is -5.39. The van der Waals surface area contributed by atoms with Crippen molar-refractivity contribution in [3.05, 3.63) is 60.2 Å². The summed E-state index contributed by atoms with van der Waals surface area (Å²) < 4.78 is 10.9. The van der Waals surface area contributed by atoms with Crippen molar-refractivity contribution in [2.75, 3.05) is 72.2 Å². The largest absolute Gasteiger partial charge is 0.481 e. The summed E-state index contributed by atoms with van der Waals surface area (Å²) in [6.45, 7) is 6.71. The minimum absolute atomic E-state index is 0.0319. The molecular weight excluding hydrogens is 702 g/mol. The number of hydrogen-bond acceptors (Lipinski definition) is 10. The van der Waals surface area contributed by atoms with Crippen LogP contribution in [0.3, 0.4) is 0 Å². The molecule has 0 radical (unpaired) electrons. The molecule has 17 nitrogen and oxygen atoms in total. The van der Waals surface area contributed by atoms with E-state index >= 15 is 0 Å². The molecule has 0 aromatic heterocycles. The van der Waals surface area contributed by atoms with Gasteiger partial charge < -0.3 is 46.5 Å². The van der Waals surface area contributed by atoms with Crippen molar-refractivity contribution in [2.24, 2.45) is 0 Å². The number of amides is 6. The van der Waals surface area contributed by atoms with Crippen molar-refractivity contribution in [1.82, 2.24) is 36.8 Å². The van der Waals surface area contributed by atoms with Gasteiger partial charge in [-0.25, -0.2) is 0 Å². The number of carbonyl (C=O) groups excluding carboxylic acids is 6. The van der Waals surface area contributed by atoms with Crippen molar-refractivity contribution in [3.63, 3.8) is 0 Å². The second kappa shape index (κ2) is 25.6. The number of nitrogens with zero attached hydrogens (tertiary/aromatic N) is 1. The topological polar surface area (TPSA) is 234 Å². The highest BCUT2D eigenvalue weighted by Crippen LogP contribution is 2.20. The summed E-state index contributed by atoms with van der Waals surface area (Å²) in [5.74, 6) is -3.78. The number of aliphatic carboxylic acids is 1. The van der Waals surface area contributed by atoms with Crippen LogP contribution >= 0.6 is 0 Å². The van der Waals surface area contributed by atoms with Crippen molar-refractivity contribution in [2.45, 2.75) is 45.7 Å². The van der Waals surface area contributed by atoms with E-state index in [0.717, 1.165) is 16.7 Å². The molecule has 17 heteroatoms. The van der Waals surface area contributed by atoms with Gasteiger partial charge in [-0.3, -0.25) is 38.5 Å². The molecule has 0 heterocycles. The maximum absolute atomic E-state index is 13.2. The maximum Gasteiger partial charge on any atom is 0.305 e. The summed E-state index contributed by atoms with van der Waals surface area (Å²) >= 11 is 0. The lowest BCUT2D eigenvalue weighted by Crippen LogP contribution is -2.55. The van der Waals surface area contributed by atoms with E-state index in [-0.39, 0.29) is 70.2 Å². The van der Waals surface area contributed by atoms with Gasteiger partial charge in [-0.05, 0) is 16.7 Å². The van der Waals surface area contributed by atoms with E-state index < -0.39 is 42.2 Å². The fourth-order valence-electron chi connectivity index (χ4n) is 5.07. The van der Waals surface area contributed by atoms with Gasteiger partial charge in [0, 0.05) is 66.5 Å². The highest BCUT2D eigenvalue weighted by atomic mass is 16.5.